The molecule has 0 aliphatic heterocycles. The van der Waals surface area contributed by atoms with E-state index in [2.05, 4.69) is 15.2 Å². The zero-order valence-corrected chi connectivity index (χ0v) is 8.24. The first kappa shape index (κ1) is 10.7. The summed E-state index contributed by atoms with van der Waals surface area (Å²) in [6.45, 7) is 0. The van der Waals surface area contributed by atoms with Crippen molar-refractivity contribution in [2.45, 2.75) is 6.04 Å². The summed E-state index contributed by atoms with van der Waals surface area (Å²) in [5, 5.41) is 6.50. The van der Waals surface area contributed by atoms with Gasteiger partial charge in [-0.3, -0.25) is 5.10 Å². The number of nitrogens with zero attached hydrogens (tertiary/aromatic N) is 2. The lowest BCUT2D eigenvalue weighted by molar-refractivity contribution is 0.787. The summed E-state index contributed by atoms with van der Waals surface area (Å²) in [5.74, 6) is 0.686. The van der Waals surface area contributed by atoms with E-state index >= 15 is 0 Å². The van der Waals surface area contributed by atoms with Crippen molar-refractivity contribution in [1.29, 1.82) is 0 Å². The molecule has 1 heterocycles. The second-order valence-electron chi connectivity index (χ2n) is 2.76. The van der Waals surface area contributed by atoms with E-state index in [-0.39, 0.29) is 18.4 Å². The summed E-state index contributed by atoms with van der Waals surface area (Å²) in [7, 11) is 0. The number of H-pyrrole nitrogens is 1. The van der Waals surface area contributed by atoms with Gasteiger partial charge in [0, 0.05) is 0 Å². The second kappa shape index (κ2) is 4.74. The van der Waals surface area contributed by atoms with E-state index in [0.29, 0.717) is 5.82 Å². The molecule has 0 spiro atoms. The fourth-order valence-electron chi connectivity index (χ4n) is 1.18. The molecule has 0 fully saturated rings. The van der Waals surface area contributed by atoms with Crippen LogP contribution in [0.3, 0.4) is 0 Å². The number of aromatic amines is 1. The molecule has 1 atom stereocenters. The van der Waals surface area contributed by atoms with Crippen LogP contribution in [0.15, 0.2) is 36.7 Å². The summed E-state index contributed by atoms with van der Waals surface area (Å²) in [6, 6.07) is 9.57. The minimum absolute atomic E-state index is 0. The average molecular weight is 211 g/mol. The van der Waals surface area contributed by atoms with Gasteiger partial charge in [0.05, 0.1) is 6.04 Å². The third kappa shape index (κ3) is 2.10. The molecule has 74 valence electrons. The van der Waals surface area contributed by atoms with Crippen molar-refractivity contribution >= 4 is 12.4 Å². The van der Waals surface area contributed by atoms with Gasteiger partial charge in [0.2, 0.25) is 0 Å². The van der Waals surface area contributed by atoms with Gasteiger partial charge in [-0.25, -0.2) is 4.98 Å². The van der Waals surface area contributed by atoms with Gasteiger partial charge in [-0.05, 0) is 5.56 Å². The van der Waals surface area contributed by atoms with Crippen molar-refractivity contribution in [3.8, 4) is 0 Å². The highest BCUT2D eigenvalue weighted by Crippen LogP contribution is 2.13. The Kier molecular flexibility index (Phi) is 3.62. The van der Waals surface area contributed by atoms with Crippen LogP contribution >= 0.6 is 12.4 Å². The molecule has 0 radical (unpaired) electrons. The molecule has 14 heavy (non-hydrogen) atoms. The first-order chi connectivity index (χ1) is 6.38. The molecule has 2 aromatic rings. The molecule has 0 aliphatic carbocycles. The zero-order chi connectivity index (χ0) is 9.10. The Balaban J connectivity index is 0.000000980. The van der Waals surface area contributed by atoms with Crippen LogP contribution in [0.5, 0.6) is 0 Å². The van der Waals surface area contributed by atoms with Crippen LogP contribution < -0.4 is 5.73 Å². The Morgan fingerprint density at radius 1 is 1.21 bits per heavy atom. The molecule has 0 saturated heterocycles. The van der Waals surface area contributed by atoms with Gasteiger partial charge in [-0.1, -0.05) is 30.3 Å². The number of nitrogens with one attached hydrogen (secondary N) is 1. The van der Waals surface area contributed by atoms with Crippen molar-refractivity contribution in [1.82, 2.24) is 15.2 Å². The Morgan fingerprint density at radius 3 is 2.50 bits per heavy atom. The summed E-state index contributed by atoms with van der Waals surface area (Å²) >= 11 is 0. The summed E-state index contributed by atoms with van der Waals surface area (Å²) in [5.41, 5.74) is 6.95. The molecule has 1 unspecified atom stereocenters. The molecular formula is C9H11ClN4. The molecule has 0 bridgehead atoms. The quantitative estimate of drug-likeness (QED) is 0.785. The number of hydrogen-bond acceptors (Lipinski definition) is 3. The van der Waals surface area contributed by atoms with E-state index in [0.717, 1.165) is 5.56 Å². The maximum atomic E-state index is 5.93. The van der Waals surface area contributed by atoms with Gasteiger partial charge in [-0.15, -0.1) is 12.4 Å². The molecule has 0 aliphatic rings. The van der Waals surface area contributed by atoms with Crippen molar-refractivity contribution < 1.29 is 0 Å². The van der Waals surface area contributed by atoms with Crippen LogP contribution in [0.25, 0.3) is 0 Å². The minimum Gasteiger partial charge on any atom is -0.318 e. The van der Waals surface area contributed by atoms with Crippen molar-refractivity contribution in [2.24, 2.45) is 5.73 Å². The highest BCUT2D eigenvalue weighted by molar-refractivity contribution is 5.85. The van der Waals surface area contributed by atoms with E-state index in [1.54, 1.807) is 0 Å². The standard InChI is InChI=1S/C9H10N4.ClH/c10-8(9-11-6-12-13-9)7-4-2-1-3-5-7;/h1-6,8H,10H2,(H,11,12,13);1H. The molecule has 2 rings (SSSR count). The van der Waals surface area contributed by atoms with Crippen LogP contribution in [0.4, 0.5) is 0 Å². The van der Waals surface area contributed by atoms with E-state index in [9.17, 15) is 0 Å². The lowest BCUT2D eigenvalue weighted by Crippen LogP contribution is -2.13. The lowest BCUT2D eigenvalue weighted by atomic mass is 10.1. The van der Waals surface area contributed by atoms with E-state index < -0.39 is 0 Å². The van der Waals surface area contributed by atoms with Gasteiger partial charge in [-0.2, -0.15) is 5.10 Å². The summed E-state index contributed by atoms with van der Waals surface area (Å²) in [6.07, 6.45) is 1.46. The molecular weight excluding hydrogens is 200 g/mol. The monoisotopic (exact) mass is 210 g/mol. The molecule has 0 saturated carbocycles. The predicted molar refractivity (Wildman–Crippen MR) is 56.1 cm³/mol. The maximum Gasteiger partial charge on any atom is 0.145 e. The van der Waals surface area contributed by atoms with Crippen molar-refractivity contribution in [2.75, 3.05) is 0 Å². The summed E-state index contributed by atoms with van der Waals surface area (Å²) in [4.78, 5) is 4.00. The average Bonchev–Trinajstić information content (AvgIpc) is 2.71. The Morgan fingerprint density at radius 2 is 1.93 bits per heavy atom. The third-order valence-corrected chi connectivity index (χ3v) is 1.89. The second-order valence-corrected chi connectivity index (χ2v) is 2.76. The van der Waals surface area contributed by atoms with Crippen LogP contribution in [-0.2, 0) is 0 Å². The number of halogens is 1. The van der Waals surface area contributed by atoms with E-state index in [1.807, 2.05) is 30.3 Å². The highest BCUT2D eigenvalue weighted by atomic mass is 35.5. The fraction of sp³-hybridized carbons (Fsp3) is 0.111. The van der Waals surface area contributed by atoms with Gasteiger partial charge in [0.1, 0.15) is 12.2 Å². The molecule has 1 aromatic heterocycles. The molecule has 0 amide bonds. The smallest absolute Gasteiger partial charge is 0.145 e. The van der Waals surface area contributed by atoms with Crippen LogP contribution in [0.2, 0.25) is 0 Å². The first-order valence-corrected chi connectivity index (χ1v) is 4.03. The third-order valence-electron chi connectivity index (χ3n) is 1.89. The van der Waals surface area contributed by atoms with Crippen LogP contribution in [-0.4, -0.2) is 15.2 Å². The lowest BCUT2D eigenvalue weighted by Gasteiger charge is -2.07. The SMILES string of the molecule is Cl.NC(c1ccccc1)c1ncn[nH]1. The van der Waals surface area contributed by atoms with E-state index in [4.69, 9.17) is 5.73 Å². The van der Waals surface area contributed by atoms with Gasteiger partial charge < -0.3 is 5.73 Å². The topological polar surface area (TPSA) is 67.6 Å². The van der Waals surface area contributed by atoms with Crippen molar-refractivity contribution in [3.63, 3.8) is 0 Å². The Bertz CT molecular complexity index is 360. The van der Waals surface area contributed by atoms with Gasteiger partial charge in [0.15, 0.2) is 0 Å². The largest absolute Gasteiger partial charge is 0.318 e. The molecule has 3 N–H and O–H groups in total. The Hall–Kier alpha value is -1.39. The molecule has 4 nitrogen and oxygen atoms in total. The summed E-state index contributed by atoms with van der Waals surface area (Å²) < 4.78 is 0. The van der Waals surface area contributed by atoms with Gasteiger partial charge in [0.25, 0.3) is 0 Å². The highest BCUT2D eigenvalue weighted by Gasteiger charge is 2.09. The number of hydrogen-bond donors (Lipinski definition) is 2. The molecule has 5 heteroatoms. The number of rotatable bonds is 2. The first-order valence-electron chi connectivity index (χ1n) is 4.03. The van der Waals surface area contributed by atoms with Gasteiger partial charge >= 0.3 is 0 Å². The Labute approximate surface area is 88.0 Å². The fourth-order valence-corrected chi connectivity index (χ4v) is 1.18. The normalized spacial score (nSPS) is 11.8. The van der Waals surface area contributed by atoms with Crippen molar-refractivity contribution in [3.05, 3.63) is 48.0 Å². The molecule has 1 aromatic carbocycles. The zero-order valence-electron chi connectivity index (χ0n) is 7.42. The number of aromatic nitrogens is 3. The predicted octanol–water partition coefficient (Wildman–Crippen LogP) is 1.27. The number of benzene rings is 1. The van der Waals surface area contributed by atoms with Crippen LogP contribution in [0.1, 0.15) is 17.4 Å². The number of nitrogens with two attached hydrogens (primary N) is 1. The maximum absolute atomic E-state index is 5.93. The minimum atomic E-state index is -0.219. The van der Waals surface area contributed by atoms with Crippen LogP contribution in [0, 0.1) is 0 Å². The van der Waals surface area contributed by atoms with E-state index in [1.165, 1.54) is 6.33 Å².